The highest BCUT2D eigenvalue weighted by Gasteiger charge is 2.35. The van der Waals surface area contributed by atoms with Gasteiger partial charge in [-0.15, -0.1) is 0 Å². The van der Waals surface area contributed by atoms with E-state index in [1.165, 1.54) is 63.7 Å². The van der Waals surface area contributed by atoms with Crippen molar-refractivity contribution < 1.29 is 0 Å². The van der Waals surface area contributed by atoms with Gasteiger partial charge in [0.15, 0.2) is 0 Å². The van der Waals surface area contributed by atoms with Gasteiger partial charge in [0.25, 0.3) is 0 Å². The number of nitrogens with zero attached hydrogens (tertiary/aromatic N) is 1. The summed E-state index contributed by atoms with van der Waals surface area (Å²) >= 11 is 0. The minimum absolute atomic E-state index is 0.638. The monoisotopic (exact) mass is 286 g/mol. The van der Waals surface area contributed by atoms with E-state index in [-0.39, 0.29) is 0 Å². The average Bonchev–Trinajstić information content (AvgIpc) is 3.37. The third-order valence-electron chi connectivity index (χ3n) is 5.09. The predicted octanol–water partition coefficient (Wildman–Crippen LogP) is 3.99. The summed E-state index contributed by atoms with van der Waals surface area (Å²) in [5.74, 6) is 0.898. The van der Waals surface area contributed by atoms with Crippen molar-refractivity contribution in [2.45, 2.75) is 57.5 Å². The quantitative estimate of drug-likeness (QED) is 0.815. The van der Waals surface area contributed by atoms with Crippen LogP contribution in [0.1, 0.15) is 57.1 Å². The molecule has 0 spiro atoms. The van der Waals surface area contributed by atoms with E-state index in [0.717, 1.165) is 12.0 Å². The van der Waals surface area contributed by atoms with Crippen LogP contribution in [-0.4, -0.2) is 30.6 Å². The molecule has 3 rings (SSSR count). The van der Waals surface area contributed by atoms with Crippen molar-refractivity contribution in [1.82, 2.24) is 10.2 Å². The first-order valence-corrected chi connectivity index (χ1v) is 8.90. The van der Waals surface area contributed by atoms with Gasteiger partial charge in [0.05, 0.1) is 0 Å². The number of hydrogen-bond donors (Lipinski definition) is 1. The van der Waals surface area contributed by atoms with E-state index in [4.69, 9.17) is 0 Å². The van der Waals surface area contributed by atoms with Crippen molar-refractivity contribution in [3.63, 3.8) is 0 Å². The lowest BCUT2D eigenvalue weighted by Gasteiger charge is -2.36. The van der Waals surface area contributed by atoms with Gasteiger partial charge in [0, 0.05) is 18.6 Å². The summed E-state index contributed by atoms with van der Waals surface area (Å²) < 4.78 is 0. The van der Waals surface area contributed by atoms with Gasteiger partial charge in [-0.05, 0) is 56.7 Å². The van der Waals surface area contributed by atoms with Crippen molar-refractivity contribution in [3.05, 3.63) is 35.9 Å². The molecule has 1 N–H and O–H groups in total. The fraction of sp³-hybridized carbons (Fsp3) is 0.684. The summed E-state index contributed by atoms with van der Waals surface area (Å²) in [6.45, 7) is 6.07. The maximum atomic E-state index is 3.50. The molecule has 1 aliphatic carbocycles. The van der Waals surface area contributed by atoms with Crippen molar-refractivity contribution in [2.24, 2.45) is 5.92 Å². The van der Waals surface area contributed by atoms with Crippen LogP contribution in [0.5, 0.6) is 0 Å². The Bertz CT molecular complexity index is 407. The Balaban J connectivity index is 1.73. The zero-order chi connectivity index (χ0) is 14.5. The Hall–Kier alpha value is -0.860. The Morgan fingerprint density at radius 3 is 2.43 bits per heavy atom. The number of rotatable bonds is 7. The van der Waals surface area contributed by atoms with Crippen LogP contribution in [0.15, 0.2) is 30.3 Å². The zero-order valence-electron chi connectivity index (χ0n) is 13.4. The molecular formula is C19H30N2. The molecule has 2 fully saturated rings. The normalized spacial score (nSPS) is 21.6. The average molecular weight is 286 g/mol. The summed E-state index contributed by atoms with van der Waals surface area (Å²) in [6, 6.07) is 12.7. The topological polar surface area (TPSA) is 15.3 Å². The van der Waals surface area contributed by atoms with Crippen molar-refractivity contribution in [3.8, 4) is 0 Å². The van der Waals surface area contributed by atoms with E-state index < -0.39 is 0 Å². The maximum Gasteiger partial charge on any atom is 0.0351 e. The molecule has 1 saturated carbocycles. The van der Waals surface area contributed by atoms with E-state index in [2.05, 4.69) is 47.5 Å². The molecular weight excluding hydrogens is 256 g/mol. The molecule has 1 saturated heterocycles. The van der Waals surface area contributed by atoms with E-state index in [1.54, 1.807) is 0 Å². The summed E-state index contributed by atoms with van der Waals surface area (Å²) in [5, 5.41) is 3.50. The highest BCUT2D eigenvalue weighted by Crippen LogP contribution is 2.38. The standard InChI is InChI=1S/C19H30N2/c1-2-6-19(17-7-4-3-5-8-17)21(18-9-10-18)15-16-11-13-20-14-12-16/h3-5,7-8,16,18-20H,2,6,9-15H2,1H3. The van der Waals surface area contributed by atoms with E-state index >= 15 is 0 Å². The van der Waals surface area contributed by atoms with Crippen molar-refractivity contribution in [2.75, 3.05) is 19.6 Å². The molecule has 21 heavy (non-hydrogen) atoms. The van der Waals surface area contributed by atoms with Gasteiger partial charge in [0.1, 0.15) is 0 Å². The number of hydrogen-bond acceptors (Lipinski definition) is 2. The van der Waals surface area contributed by atoms with Gasteiger partial charge in [-0.2, -0.15) is 0 Å². The molecule has 2 heteroatoms. The second-order valence-corrected chi connectivity index (χ2v) is 6.84. The first-order valence-electron chi connectivity index (χ1n) is 8.90. The molecule has 1 atom stereocenters. The molecule has 116 valence electrons. The summed E-state index contributed by atoms with van der Waals surface area (Å²) in [4.78, 5) is 2.86. The van der Waals surface area contributed by atoms with Crippen LogP contribution in [0.2, 0.25) is 0 Å². The molecule has 0 aromatic heterocycles. The van der Waals surface area contributed by atoms with Crippen LogP contribution in [-0.2, 0) is 0 Å². The first kappa shape index (κ1) is 15.1. The SMILES string of the molecule is CCCC(c1ccccc1)N(CC1CCNCC1)C1CC1. The van der Waals surface area contributed by atoms with Crippen LogP contribution < -0.4 is 5.32 Å². The smallest absolute Gasteiger partial charge is 0.0351 e. The van der Waals surface area contributed by atoms with E-state index in [1.807, 2.05) is 0 Å². The Labute approximate surface area is 129 Å². The van der Waals surface area contributed by atoms with Crippen LogP contribution in [0.3, 0.4) is 0 Å². The largest absolute Gasteiger partial charge is 0.317 e. The van der Waals surface area contributed by atoms with Crippen LogP contribution in [0.4, 0.5) is 0 Å². The van der Waals surface area contributed by atoms with Gasteiger partial charge in [-0.3, -0.25) is 4.90 Å². The third kappa shape index (κ3) is 4.08. The van der Waals surface area contributed by atoms with Gasteiger partial charge < -0.3 is 5.32 Å². The molecule has 1 unspecified atom stereocenters. The fourth-order valence-electron chi connectivity index (χ4n) is 3.77. The summed E-state index contributed by atoms with van der Waals surface area (Å²) in [6.07, 6.45) is 8.12. The Kier molecular flexibility index (Phi) is 5.32. The number of benzene rings is 1. The number of piperidine rings is 1. The van der Waals surface area contributed by atoms with Crippen LogP contribution in [0, 0.1) is 5.92 Å². The highest BCUT2D eigenvalue weighted by atomic mass is 15.2. The van der Waals surface area contributed by atoms with Gasteiger partial charge in [0.2, 0.25) is 0 Å². The Morgan fingerprint density at radius 1 is 1.10 bits per heavy atom. The summed E-state index contributed by atoms with van der Waals surface area (Å²) in [5.41, 5.74) is 1.53. The molecule has 2 aliphatic rings. The first-order chi connectivity index (χ1) is 10.4. The second kappa shape index (κ2) is 7.42. The summed E-state index contributed by atoms with van der Waals surface area (Å²) in [7, 11) is 0. The lowest BCUT2D eigenvalue weighted by Crippen LogP contribution is -2.39. The van der Waals surface area contributed by atoms with Gasteiger partial charge >= 0.3 is 0 Å². The van der Waals surface area contributed by atoms with Crippen LogP contribution in [0.25, 0.3) is 0 Å². The third-order valence-corrected chi connectivity index (χ3v) is 5.09. The predicted molar refractivity (Wildman–Crippen MR) is 89.4 cm³/mol. The lowest BCUT2D eigenvalue weighted by molar-refractivity contribution is 0.135. The maximum absolute atomic E-state index is 3.50. The van der Waals surface area contributed by atoms with Crippen molar-refractivity contribution >= 4 is 0 Å². The zero-order valence-corrected chi connectivity index (χ0v) is 13.4. The molecule has 1 aliphatic heterocycles. The molecule has 0 amide bonds. The lowest BCUT2D eigenvalue weighted by atomic mass is 9.94. The minimum atomic E-state index is 0.638. The van der Waals surface area contributed by atoms with Gasteiger partial charge in [-0.25, -0.2) is 0 Å². The van der Waals surface area contributed by atoms with Crippen LogP contribution >= 0.6 is 0 Å². The molecule has 1 aromatic carbocycles. The second-order valence-electron chi connectivity index (χ2n) is 6.84. The molecule has 2 nitrogen and oxygen atoms in total. The molecule has 1 heterocycles. The minimum Gasteiger partial charge on any atom is -0.317 e. The van der Waals surface area contributed by atoms with E-state index in [0.29, 0.717) is 6.04 Å². The molecule has 0 bridgehead atoms. The fourth-order valence-corrected chi connectivity index (χ4v) is 3.77. The highest BCUT2D eigenvalue weighted by molar-refractivity contribution is 5.19. The Morgan fingerprint density at radius 2 is 1.81 bits per heavy atom. The van der Waals surface area contributed by atoms with E-state index in [9.17, 15) is 0 Å². The van der Waals surface area contributed by atoms with Gasteiger partial charge in [-0.1, -0.05) is 43.7 Å². The number of nitrogens with one attached hydrogen (secondary N) is 1. The van der Waals surface area contributed by atoms with Crippen molar-refractivity contribution in [1.29, 1.82) is 0 Å². The molecule has 0 radical (unpaired) electrons. The molecule has 1 aromatic rings.